The predicted octanol–water partition coefficient (Wildman–Crippen LogP) is 6.06. The van der Waals surface area contributed by atoms with Crippen LogP contribution in [0.2, 0.25) is 5.02 Å². The lowest BCUT2D eigenvalue weighted by Gasteiger charge is -2.34. The lowest BCUT2D eigenvalue weighted by Crippen LogP contribution is -2.49. The fraction of sp³-hybridized carbons (Fsp3) is 0.375. The predicted molar refractivity (Wildman–Crippen MR) is 159 cm³/mol. The smallest absolute Gasteiger partial charge is 0.411 e. The van der Waals surface area contributed by atoms with E-state index in [2.05, 4.69) is 28.4 Å². The van der Waals surface area contributed by atoms with E-state index in [1.807, 2.05) is 42.2 Å². The largest absolute Gasteiger partial charge is 0.444 e. The number of nitrogens with zero attached hydrogens (tertiary/aromatic N) is 2. The number of nitrogens with one attached hydrogen (secondary N) is 1. The van der Waals surface area contributed by atoms with Crippen LogP contribution in [0.3, 0.4) is 0 Å². The SMILES string of the molecule is CCOCCCc1ccccc1COC(=O)Nc1ccc(C(=O)N2CCN(CCc3ccc(Cl)cc3)CC2)cc1. The molecule has 1 aliphatic rings. The average Bonchev–Trinajstić information content (AvgIpc) is 2.99. The number of piperazine rings is 1. The number of benzene rings is 3. The second-order valence-electron chi connectivity index (χ2n) is 9.86. The van der Waals surface area contributed by atoms with Crippen molar-refractivity contribution in [1.82, 2.24) is 9.80 Å². The minimum absolute atomic E-state index is 0.00687. The molecular formula is C32H38ClN3O4. The maximum Gasteiger partial charge on any atom is 0.411 e. The molecule has 1 heterocycles. The van der Waals surface area contributed by atoms with Crippen molar-refractivity contribution in [3.63, 3.8) is 0 Å². The van der Waals surface area contributed by atoms with Gasteiger partial charge in [-0.3, -0.25) is 15.0 Å². The molecule has 0 saturated carbocycles. The van der Waals surface area contributed by atoms with Crippen LogP contribution in [0.25, 0.3) is 0 Å². The third-order valence-electron chi connectivity index (χ3n) is 7.08. The molecule has 1 aliphatic heterocycles. The summed E-state index contributed by atoms with van der Waals surface area (Å²) in [5.41, 5.74) is 4.59. The standard InChI is InChI=1S/C32H38ClN3O4/c1-2-39-23-5-8-26-6-3-4-7-28(26)24-40-32(38)34-30-15-11-27(12-16-30)31(37)36-21-19-35(20-22-36)18-17-25-9-13-29(33)14-10-25/h3-4,6-7,9-16H,2,5,8,17-24H2,1H3,(H,34,38). The molecule has 0 unspecified atom stereocenters. The van der Waals surface area contributed by atoms with E-state index >= 15 is 0 Å². The van der Waals surface area contributed by atoms with Crippen LogP contribution >= 0.6 is 11.6 Å². The highest BCUT2D eigenvalue weighted by atomic mass is 35.5. The van der Waals surface area contributed by atoms with Crippen molar-refractivity contribution in [3.05, 3.63) is 100 Å². The highest BCUT2D eigenvalue weighted by molar-refractivity contribution is 6.30. The quantitative estimate of drug-likeness (QED) is 0.271. The first-order chi connectivity index (χ1) is 19.5. The Bertz CT molecular complexity index is 1230. The zero-order chi connectivity index (χ0) is 28.2. The Hall–Kier alpha value is -3.39. The van der Waals surface area contributed by atoms with E-state index in [-0.39, 0.29) is 12.5 Å². The van der Waals surface area contributed by atoms with E-state index in [1.54, 1.807) is 24.3 Å². The number of aryl methyl sites for hydroxylation is 1. The molecule has 0 bridgehead atoms. The zero-order valence-corrected chi connectivity index (χ0v) is 23.9. The van der Waals surface area contributed by atoms with Gasteiger partial charge >= 0.3 is 6.09 Å². The van der Waals surface area contributed by atoms with Crippen molar-refractivity contribution in [2.24, 2.45) is 0 Å². The Morgan fingerprint density at radius 3 is 2.27 bits per heavy atom. The van der Waals surface area contributed by atoms with Crippen LogP contribution in [0.15, 0.2) is 72.8 Å². The maximum absolute atomic E-state index is 13.0. The number of carbonyl (C=O) groups is 2. The van der Waals surface area contributed by atoms with Gasteiger partial charge in [0.1, 0.15) is 6.61 Å². The van der Waals surface area contributed by atoms with E-state index in [0.717, 1.165) is 55.0 Å². The summed E-state index contributed by atoms with van der Waals surface area (Å²) in [6.07, 6.45) is 2.22. The molecule has 7 nitrogen and oxygen atoms in total. The van der Waals surface area contributed by atoms with E-state index in [1.165, 1.54) is 5.56 Å². The van der Waals surface area contributed by atoms with Gasteiger partial charge in [-0.05, 0) is 79.3 Å². The van der Waals surface area contributed by atoms with Crippen LogP contribution < -0.4 is 5.32 Å². The number of ether oxygens (including phenoxy) is 2. The number of carbonyl (C=O) groups excluding carboxylic acids is 2. The molecule has 3 aromatic rings. The van der Waals surface area contributed by atoms with Gasteiger partial charge in [-0.1, -0.05) is 48.0 Å². The first-order valence-electron chi connectivity index (χ1n) is 14.0. The minimum atomic E-state index is -0.530. The first kappa shape index (κ1) is 29.6. The molecule has 212 valence electrons. The number of amides is 2. The normalized spacial score (nSPS) is 13.7. The second kappa shape index (κ2) is 15.4. The third-order valence-corrected chi connectivity index (χ3v) is 7.34. The summed E-state index contributed by atoms with van der Waals surface area (Å²) >= 11 is 5.97. The Labute approximate surface area is 242 Å². The maximum atomic E-state index is 13.0. The molecule has 0 aliphatic carbocycles. The van der Waals surface area contributed by atoms with Gasteiger partial charge in [0, 0.05) is 62.2 Å². The highest BCUT2D eigenvalue weighted by Crippen LogP contribution is 2.16. The minimum Gasteiger partial charge on any atom is -0.444 e. The number of halogens is 1. The van der Waals surface area contributed by atoms with Gasteiger partial charge in [0.05, 0.1) is 0 Å². The van der Waals surface area contributed by atoms with Gasteiger partial charge in [-0.25, -0.2) is 4.79 Å². The van der Waals surface area contributed by atoms with Gasteiger partial charge in [0.2, 0.25) is 0 Å². The molecule has 0 aromatic heterocycles. The molecule has 1 fully saturated rings. The van der Waals surface area contributed by atoms with Gasteiger partial charge in [-0.2, -0.15) is 0 Å². The van der Waals surface area contributed by atoms with E-state index in [9.17, 15) is 9.59 Å². The van der Waals surface area contributed by atoms with Crippen molar-refractivity contribution >= 4 is 29.3 Å². The number of hydrogen-bond acceptors (Lipinski definition) is 5. The van der Waals surface area contributed by atoms with Gasteiger partial charge < -0.3 is 14.4 Å². The number of rotatable bonds is 12. The Morgan fingerprint density at radius 2 is 1.57 bits per heavy atom. The molecule has 2 amide bonds. The molecule has 1 saturated heterocycles. The van der Waals surface area contributed by atoms with Crippen LogP contribution in [-0.2, 0) is 28.9 Å². The van der Waals surface area contributed by atoms with Crippen LogP contribution in [0, 0.1) is 0 Å². The van der Waals surface area contributed by atoms with Crippen LogP contribution in [-0.4, -0.2) is 67.7 Å². The van der Waals surface area contributed by atoms with Crippen LogP contribution in [0.4, 0.5) is 10.5 Å². The summed E-state index contributed by atoms with van der Waals surface area (Å²) in [6.45, 7) is 7.65. The van der Waals surface area contributed by atoms with E-state index in [4.69, 9.17) is 21.1 Å². The number of anilines is 1. The van der Waals surface area contributed by atoms with Crippen molar-refractivity contribution < 1.29 is 19.1 Å². The average molecular weight is 564 g/mol. The molecule has 40 heavy (non-hydrogen) atoms. The Balaban J connectivity index is 1.19. The van der Waals surface area contributed by atoms with Crippen molar-refractivity contribution in [3.8, 4) is 0 Å². The fourth-order valence-electron chi connectivity index (χ4n) is 4.74. The number of hydrogen-bond donors (Lipinski definition) is 1. The highest BCUT2D eigenvalue weighted by Gasteiger charge is 2.22. The van der Waals surface area contributed by atoms with Crippen molar-refractivity contribution in [1.29, 1.82) is 0 Å². The molecule has 8 heteroatoms. The van der Waals surface area contributed by atoms with Crippen molar-refractivity contribution in [2.75, 3.05) is 51.3 Å². The van der Waals surface area contributed by atoms with Gasteiger partial charge in [0.25, 0.3) is 5.91 Å². The summed E-state index contributed by atoms with van der Waals surface area (Å²) in [6, 6.07) is 22.9. The van der Waals surface area contributed by atoms with Crippen molar-refractivity contribution in [2.45, 2.75) is 32.8 Å². The summed E-state index contributed by atoms with van der Waals surface area (Å²) in [7, 11) is 0. The second-order valence-corrected chi connectivity index (χ2v) is 10.3. The molecule has 0 atom stereocenters. The first-order valence-corrected chi connectivity index (χ1v) is 14.3. The fourth-order valence-corrected chi connectivity index (χ4v) is 4.87. The van der Waals surface area contributed by atoms with E-state index < -0.39 is 6.09 Å². The van der Waals surface area contributed by atoms with Crippen LogP contribution in [0.5, 0.6) is 0 Å². The Morgan fingerprint density at radius 1 is 0.875 bits per heavy atom. The Kier molecular flexibility index (Phi) is 11.4. The lowest BCUT2D eigenvalue weighted by atomic mass is 10.0. The third kappa shape index (κ3) is 9.08. The van der Waals surface area contributed by atoms with E-state index in [0.29, 0.717) is 37.6 Å². The lowest BCUT2D eigenvalue weighted by molar-refractivity contribution is 0.0638. The summed E-state index contributed by atoms with van der Waals surface area (Å²) in [4.78, 5) is 29.7. The molecule has 0 spiro atoms. The van der Waals surface area contributed by atoms with Gasteiger partial charge in [0.15, 0.2) is 0 Å². The van der Waals surface area contributed by atoms with Gasteiger partial charge in [-0.15, -0.1) is 0 Å². The zero-order valence-electron chi connectivity index (χ0n) is 23.1. The molecule has 3 aromatic carbocycles. The summed E-state index contributed by atoms with van der Waals surface area (Å²) in [5, 5.41) is 3.50. The molecule has 1 N–H and O–H groups in total. The van der Waals surface area contributed by atoms with Crippen LogP contribution in [0.1, 0.15) is 40.4 Å². The molecule has 4 rings (SSSR count). The summed E-state index contributed by atoms with van der Waals surface area (Å²) in [5.74, 6) is 0.00687. The molecular weight excluding hydrogens is 526 g/mol. The molecule has 0 radical (unpaired) electrons. The monoisotopic (exact) mass is 563 g/mol. The summed E-state index contributed by atoms with van der Waals surface area (Å²) < 4.78 is 10.9. The topological polar surface area (TPSA) is 71.1 Å².